The molecule has 3 aromatic heterocycles. The molecule has 0 radical (unpaired) electrons. The third kappa shape index (κ3) is 4.49. The normalized spacial score (nSPS) is 14.9. The average molecular weight is 542 g/mol. The number of amides is 1. The van der Waals surface area contributed by atoms with Gasteiger partial charge >= 0.3 is 0 Å². The van der Waals surface area contributed by atoms with E-state index in [9.17, 15) is 19.8 Å². The fraction of sp³-hybridized carbons (Fsp3) is 0.387. The Hall–Kier alpha value is -3.95. The zero-order valence-electron chi connectivity index (χ0n) is 23.1. The molecule has 4 aromatic rings. The van der Waals surface area contributed by atoms with Gasteiger partial charge in [-0.1, -0.05) is 12.1 Å². The number of rotatable bonds is 7. The second kappa shape index (κ2) is 10.6. The van der Waals surface area contributed by atoms with Gasteiger partial charge in [-0.15, -0.1) is 0 Å². The lowest BCUT2D eigenvalue weighted by atomic mass is 9.97. The Morgan fingerprint density at radius 2 is 1.85 bits per heavy atom. The number of carbonyl (C=O) groups excluding carboxylic acids is 1. The molecule has 2 aliphatic rings. The summed E-state index contributed by atoms with van der Waals surface area (Å²) in [4.78, 5) is 28.6. The van der Waals surface area contributed by atoms with Crippen LogP contribution >= 0.6 is 0 Å². The molecular formula is C31H35N5O4. The highest BCUT2D eigenvalue weighted by Gasteiger charge is 2.31. The van der Waals surface area contributed by atoms with Crippen LogP contribution in [0.4, 0.5) is 5.69 Å². The Kier molecular flexibility index (Phi) is 6.93. The first-order valence-corrected chi connectivity index (χ1v) is 14.0. The first-order chi connectivity index (χ1) is 19.4. The zero-order chi connectivity index (χ0) is 28.0. The minimum atomic E-state index is -0.240. The molecule has 2 N–H and O–H groups in total. The number of aliphatic hydroxyl groups excluding tert-OH is 2. The molecule has 9 nitrogen and oxygen atoms in total. The predicted octanol–water partition coefficient (Wildman–Crippen LogP) is 2.97. The minimum absolute atomic E-state index is 0.00678. The van der Waals surface area contributed by atoms with Gasteiger partial charge in [0, 0.05) is 55.3 Å². The van der Waals surface area contributed by atoms with Crippen LogP contribution in [0, 0.1) is 6.92 Å². The maximum atomic E-state index is 13.7. The second-order valence-electron chi connectivity index (χ2n) is 10.8. The van der Waals surface area contributed by atoms with Crippen molar-refractivity contribution < 1.29 is 15.0 Å². The number of aliphatic hydroxyl groups is 2. The van der Waals surface area contributed by atoms with Crippen LogP contribution in [-0.4, -0.2) is 48.2 Å². The van der Waals surface area contributed by atoms with Crippen molar-refractivity contribution in [2.45, 2.75) is 58.7 Å². The topological polar surface area (TPSA) is 106 Å². The summed E-state index contributed by atoms with van der Waals surface area (Å²) in [6.07, 6.45) is 6.50. The Labute approximate surface area is 232 Å². The van der Waals surface area contributed by atoms with Crippen molar-refractivity contribution in [2.24, 2.45) is 7.05 Å². The monoisotopic (exact) mass is 541 g/mol. The smallest absolute Gasteiger partial charge is 0.274 e. The van der Waals surface area contributed by atoms with Crippen LogP contribution in [-0.2, 0) is 46.0 Å². The molecule has 0 saturated heterocycles. The molecule has 0 spiro atoms. The SMILES string of the molecule is Cc1cc(Cc2cc(-c3cccc(N4CCn5c(cc6c5CCCC6)C4=O)c3CO)cn(C)c2=O)nn1CCO. The van der Waals surface area contributed by atoms with Crippen LogP contribution in [0.2, 0.25) is 0 Å². The van der Waals surface area contributed by atoms with Crippen LogP contribution in [0.3, 0.4) is 0 Å². The van der Waals surface area contributed by atoms with E-state index in [0.717, 1.165) is 60.4 Å². The molecule has 1 aliphatic carbocycles. The maximum absolute atomic E-state index is 13.7. The molecule has 0 bridgehead atoms. The van der Waals surface area contributed by atoms with Crippen molar-refractivity contribution in [3.05, 3.63) is 92.4 Å². The molecule has 1 amide bonds. The molecule has 0 fully saturated rings. The Bertz CT molecular complexity index is 1660. The number of hydrogen-bond donors (Lipinski definition) is 2. The quantitative estimate of drug-likeness (QED) is 0.374. The van der Waals surface area contributed by atoms with Crippen LogP contribution in [0.25, 0.3) is 11.1 Å². The summed E-state index contributed by atoms with van der Waals surface area (Å²) in [6, 6.07) is 11.6. The van der Waals surface area contributed by atoms with E-state index in [4.69, 9.17) is 0 Å². The molecule has 6 rings (SSSR count). The maximum Gasteiger partial charge on any atom is 0.274 e. The van der Waals surface area contributed by atoms with Gasteiger partial charge in [0.05, 0.1) is 31.1 Å². The van der Waals surface area contributed by atoms with Crippen LogP contribution in [0.5, 0.6) is 0 Å². The van der Waals surface area contributed by atoms with E-state index in [1.165, 1.54) is 11.3 Å². The highest BCUT2D eigenvalue weighted by atomic mass is 16.3. The number of aromatic nitrogens is 4. The molecule has 4 heterocycles. The van der Waals surface area contributed by atoms with E-state index in [2.05, 4.69) is 15.7 Å². The molecule has 40 heavy (non-hydrogen) atoms. The summed E-state index contributed by atoms with van der Waals surface area (Å²) in [5, 5.41) is 24.4. The minimum Gasteiger partial charge on any atom is -0.394 e. The highest BCUT2D eigenvalue weighted by molar-refractivity contribution is 6.07. The van der Waals surface area contributed by atoms with Gasteiger partial charge in [-0.2, -0.15) is 5.10 Å². The van der Waals surface area contributed by atoms with E-state index in [1.807, 2.05) is 37.3 Å². The number of anilines is 1. The lowest BCUT2D eigenvalue weighted by Gasteiger charge is -2.31. The number of aryl methyl sites for hydroxylation is 3. The summed E-state index contributed by atoms with van der Waals surface area (Å²) in [6.45, 7) is 3.35. The van der Waals surface area contributed by atoms with E-state index in [1.54, 1.807) is 27.4 Å². The van der Waals surface area contributed by atoms with E-state index in [-0.39, 0.29) is 24.7 Å². The largest absolute Gasteiger partial charge is 0.394 e. The van der Waals surface area contributed by atoms with Gasteiger partial charge in [0.2, 0.25) is 0 Å². The molecular weight excluding hydrogens is 506 g/mol. The number of carbonyl (C=O) groups is 1. The summed E-state index contributed by atoms with van der Waals surface area (Å²) in [7, 11) is 1.72. The third-order valence-corrected chi connectivity index (χ3v) is 8.30. The second-order valence-corrected chi connectivity index (χ2v) is 10.8. The fourth-order valence-corrected chi connectivity index (χ4v) is 6.37. The highest BCUT2D eigenvalue weighted by Crippen LogP contribution is 2.35. The molecule has 0 unspecified atom stereocenters. The summed E-state index contributed by atoms with van der Waals surface area (Å²) in [5.74, 6) is -0.0394. The van der Waals surface area contributed by atoms with E-state index in [0.29, 0.717) is 36.3 Å². The molecule has 208 valence electrons. The van der Waals surface area contributed by atoms with E-state index >= 15 is 0 Å². The summed E-state index contributed by atoms with van der Waals surface area (Å²) >= 11 is 0. The fourth-order valence-electron chi connectivity index (χ4n) is 6.37. The summed E-state index contributed by atoms with van der Waals surface area (Å²) < 4.78 is 5.48. The third-order valence-electron chi connectivity index (χ3n) is 8.30. The molecule has 0 saturated carbocycles. The van der Waals surface area contributed by atoms with Crippen molar-refractivity contribution in [3.8, 4) is 11.1 Å². The molecule has 1 aromatic carbocycles. The number of hydrogen-bond acceptors (Lipinski definition) is 5. The standard InChI is InChI=1S/C31H35N5O4/c1-20-14-24(32-36(20)12-13-37)16-22-15-23(18-33(2)30(22)39)25-7-5-9-28(26(25)19-38)35-11-10-34-27-8-4-3-6-21(27)17-29(34)31(35)40/h5,7,9,14-15,17-18,37-38H,3-4,6,8,10-13,16,19H2,1-2H3. The van der Waals surface area contributed by atoms with Gasteiger partial charge in [0.1, 0.15) is 5.69 Å². The number of nitrogens with zero attached hydrogens (tertiary/aromatic N) is 5. The average Bonchev–Trinajstić information content (AvgIpc) is 3.51. The number of benzene rings is 1. The Morgan fingerprint density at radius 3 is 2.65 bits per heavy atom. The lowest BCUT2D eigenvalue weighted by molar-refractivity contribution is 0.0964. The van der Waals surface area contributed by atoms with Gasteiger partial charge in [0.25, 0.3) is 11.5 Å². The van der Waals surface area contributed by atoms with Crippen LogP contribution in [0.15, 0.2) is 47.4 Å². The van der Waals surface area contributed by atoms with Crippen molar-refractivity contribution >= 4 is 11.6 Å². The zero-order valence-corrected chi connectivity index (χ0v) is 23.1. The number of fused-ring (bicyclic) bond motifs is 3. The molecule has 9 heteroatoms. The van der Waals surface area contributed by atoms with Gasteiger partial charge in [-0.05, 0) is 73.6 Å². The van der Waals surface area contributed by atoms with Crippen molar-refractivity contribution in [1.29, 1.82) is 0 Å². The van der Waals surface area contributed by atoms with Gasteiger partial charge < -0.3 is 24.2 Å². The Morgan fingerprint density at radius 1 is 1.02 bits per heavy atom. The first kappa shape index (κ1) is 26.3. The first-order valence-electron chi connectivity index (χ1n) is 14.0. The van der Waals surface area contributed by atoms with Gasteiger partial charge in [0.15, 0.2) is 0 Å². The van der Waals surface area contributed by atoms with Crippen molar-refractivity contribution in [1.82, 2.24) is 18.9 Å². The predicted molar refractivity (Wildman–Crippen MR) is 153 cm³/mol. The van der Waals surface area contributed by atoms with E-state index < -0.39 is 0 Å². The number of pyridine rings is 1. The van der Waals surface area contributed by atoms with Crippen LogP contribution in [0.1, 0.15) is 57.1 Å². The summed E-state index contributed by atoms with van der Waals surface area (Å²) in [5.41, 5.74) is 8.40. The van der Waals surface area contributed by atoms with Crippen molar-refractivity contribution in [2.75, 3.05) is 18.1 Å². The lowest BCUT2D eigenvalue weighted by Crippen LogP contribution is -2.41. The van der Waals surface area contributed by atoms with Crippen molar-refractivity contribution in [3.63, 3.8) is 0 Å². The Balaban J connectivity index is 1.37. The van der Waals surface area contributed by atoms with Gasteiger partial charge in [-0.3, -0.25) is 14.3 Å². The van der Waals surface area contributed by atoms with Crippen LogP contribution < -0.4 is 10.5 Å². The molecule has 0 atom stereocenters. The molecule has 1 aliphatic heterocycles. The van der Waals surface area contributed by atoms with Gasteiger partial charge in [-0.25, -0.2) is 0 Å².